The molecule has 1 saturated heterocycles. The Balaban J connectivity index is 2.08. The van der Waals surface area contributed by atoms with Crippen LogP contribution < -0.4 is 0 Å². The molecule has 1 aliphatic heterocycles. The van der Waals surface area contributed by atoms with Crippen LogP contribution in [-0.4, -0.2) is 36.6 Å². The second-order valence-electron chi connectivity index (χ2n) is 4.60. The third-order valence-corrected chi connectivity index (χ3v) is 3.84. The van der Waals surface area contributed by atoms with E-state index in [2.05, 4.69) is 15.9 Å². The summed E-state index contributed by atoms with van der Waals surface area (Å²) in [4.78, 5) is 14.1. The van der Waals surface area contributed by atoms with Crippen LogP contribution in [0.2, 0.25) is 0 Å². The van der Waals surface area contributed by atoms with E-state index in [-0.39, 0.29) is 17.8 Å². The van der Waals surface area contributed by atoms with Crippen molar-refractivity contribution in [1.82, 2.24) is 4.90 Å². The van der Waals surface area contributed by atoms with Gasteiger partial charge in [-0.25, -0.2) is 4.39 Å². The Morgan fingerprint density at radius 3 is 3.05 bits per heavy atom. The van der Waals surface area contributed by atoms with Crippen molar-refractivity contribution in [3.05, 3.63) is 34.1 Å². The third kappa shape index (κ3) is 3.54. The first-order valence-electron chi connectivity index (χ1n) is 6.47. The highest BCUT2D eigenvalue weighted by Gasteiger charge is 2.24. The first-order chi connectivity index (χ1) is 9.11. The Morgan fingerprint density at radius 1 is 1.58 bits per heavy atom. The summed E-state index contributed by atoms with van der Waals surface area (Å²) in [5, 5.41) is 0. The van der Waals surface area contributed by atoms with Gasteiger partial charge in [-0.3, -0.25) is 4.79 Å². The Labute approximate surface area is 120 Å². The van der Waals surface area contributed by atoms with E-state index >= 15 is 0 Å². The van der Waals surface area contributed by atoms with Crippen LogP contribution in [0.15, 0.2) is 22.7 Å². The molecule has 1 amide bonds. The van der Waals surface area contributed by atoms with Gasteiger partial charge < -0.3 is 9.64 Å². The lowest BCUT2D eigenvalue weighted by atomic mass is 10.1. The molecule has 1 fully saturated rings. The number of piperidine rings is 1. The van der Waals surface area contributed by atoms with Gasteiger partial charge in [0.05, 0.1) is 10.6 Å². The molecule has 0 N–H and O–H groups in total. The van der Waals surface area contributed by atoms with E-state index < -0.39 is 0 Å². The minimum atomic E-state index is -0.359. The number of likely N-dealkylation sites (tertiary alicyclic amines) is 1. The molecule has 1 aromatic carbocycles. The maximum Gasteiger partial charge on any atom is 0.253 e. The zero-order valence-electron chi connectivity index (χ0n) is 10.9. The number of amides is 1. The summed E-state index contributed by atoms with van der Waals surface area (Å²) in [6, 6.07) is 4.36. The van der Waals surface area contributed by atoms with Gasteiger partial charge in [0.25, 0.3) is 5.91 Å². The molecule has 2 rings (SSSR count). The van der Waals surface area contributed by atoms with Crippen molar-refractivity contribution < 1.29 is 13.9 Å². The summed E-state index contributed by atoms with van der Waals surface area (Å²) >= 11 is 3.10. The number of carbonyl (C=O) groups excluding carboxylic acids is 1. The minimum absolute atomic E-state index is 0.0647. The molecule has 1 aliphatic rings. The van der Waals surface area contributed by atoms with Crippen LogP contribution in [0.4, 0.5) is 4.39 Å². The molecular formula is C14H17BrFNO2. The number of hydrogen-bond donors (Lipinski definition) is 0. The molecule has 0 bridgehead atoms. The molecule has 104 valence electrons. The smallest absolute Gasteiger partial charge is 0.253 e. The summed E-state index contributed by atoms with van der Waals surface area (Å²) in [5.41, 5.74) is 0.505. The molecule has 1 aromatic rings. The Morgan fingerprint density at radius 2 is 2.37 bits per heavy atom. The number of hydrogen-bond acceptors (Lipinski definition) is 2. The second-order valence-corrected chi connectivity index (χ2v) is 5.45. The Hall–Kier alpha value is -0.940. The highest BCUT2D eigenvalue weighted by Crippen LogP contribution is 2.20. The highest BCUT2D eigenvalue weighted by atomic mass is 79.9. The first kappa shape index (κ1) is 14.5. The maximum atomic E-state index is 13.2. The molecule has 0 radical (unpaired) electrons. The van der Waals surface area contributed by atoms with Gasteiger partial charge in [0, 0.05) is 25.3 Å². The minimum Gasteiger partial charge on any atom is -0.377 e. The number of benzene rings is 1. The van der Waals surface area contributed by atoms with Crippen molar-refractivity contribution in [3.8, 4) is 0 Å². The molecule has 0 saturated carbocycles. The number of rotatable bonds is 3. The summed E-state index contributed by atoms with van der Waals surface area (Å²) in [5.74, 6) is -0.424. The molecule has 5 heteroatoms. The van der Waals surface area contributed by atoms with Crippen LogP contribution >= 0.6 is 15.9 Å². The second kappa shape index (κ2) is 6.48. The van der Waals surface area contributed by atoms with Crippen LogP contribution in [0, 0.1) is 5.82 Å². The fourth-order valence-corrected chi connectivity index (χ4v) is 2.68. The predicted molar refractivity (Wildman–Crippen MR) is 74.7 cm³/mol. The van der Waals surface area contributed by atoms with Gasteiger partial charge in [0.1, 0.15) is 5.82 Å². The fraction of sp³-hybridized carbons (Fsp3) is 0.500. The lowest BCUT2D eigenvalue weighted by molar-refractivity contribution is 0.00724. The van der Waals surface area contributed by atoms with Crippen LogP contribution in [0.5, 0.6) is 0 Å². The molecule has 1 unspecified atom stereocenters. The molecule has 3 nitrogen and oxygen atoms in total. The van der Waals surface area contributed by atoms with Gasteiger partial charge in [-0.05, 0) is 53.9 Å². The third-order valence-electron chi connectivity index (χ3n) is 3.23. The van der Waals surface area contributed by atoms with E-state index in [9.17, 15) is 9.18 Å². The van der Waals surface area contributed by atoms with Crippen molar-refractivity contribution in [1.29, 1.82) is 0 Å². The first-order valence-corrected chi connectivity index (χ1v) is 7.27. The van der Waals surface area contributed by atoms with Crippen molar-refractivity contribution in [2.75, 3.05) is 19.7 Å². The van der Waals surface area contributed by atoms with Gasteiger partial charge in [0.15, 0.2) is 0 Å². The monoisotopic (exact) mass is 329 g/mol. The number of nitrogens with zero attached hydrogens (tertiary/aromatic N) is 1. The number of carbonyl (C=O) groups is 1. The zero-order valence-corrected chi connectivity index (χ0v) is 12.5. The maximum absolute atomic E-state index is 13.2. The van der Waals surface area contributed by atoms with Crippen molar-refractivity contribution in [3.63, 3.8) is 0 Å². The number of ether oxygens (including phenoxy) is 1. The van der Waals surface area contributed by atoms with Crippen LogP contribution in [0.1, 0.15) is 30.1 Å². The lowest BCUT2D eigenvalue weighted by Crippen LogP contribution is -2.43. The lowest BCUT2D eigenvalue weighted by Gasteiger charge is -2.32. The summed E-state index contributed by atoms with van der Waals surface area (Å²) in [6.07, 6.45) is 2.05. The average Bonchev–Trinajstić information content (AvgIpc) is 2.42. The number of halogens is 2. The van der Waals surface area contributed by atoms with Gasteiger partial charge in [-0.15, -0.1) is 0 Å². The molecule has 0 aromatic heterocycles. The van der Waals surface area contributed by atoms with Crippen LogP contribution in [0.25, 0.3) is 0 Å². The SMILES string of the molecule is CCOC1CCCN(C(=O)c2ccc(F)c(Br)c2)C1. The van der Waals surface area contributed by atoms with Gasteiger partial charge in [-0.2, -0.15) is 0 Å². The summed E-state index contributed by atoms with van der Waals surface area (Å²) in [6.45, 7) is 3.96. The quantitative estimate of drug-likeness (QED) is 0.852. The van der Waals surface area contributed by atoms with E-state index in [0.29, 0.717) is 23.2 Å². The Bertz CT molecular complexity index is 465. The summed E-state index contributed by atoms with van der Waals surface area (Å²) in [7, 11) is 0. The highest BCUT2D eigenvalue weighted by molar-refractivity contribution is 9.10. The van der Waals surface area contributed by atoms with Crippen molar-refractivity contribution in [2.24, 2.45) is 0 Å². The normalized spacial score (nSPS) is 19.5. The largest absolute Gasteiger partial charge is 0.377 e. The molecule has 1 atom stereocenters. The van der Waals surface area contributed by atoms with E-state index in [1.165, 1.54) is 18.2 Å². The molecule has 0 spiro atoms. The van der Waals surface area contributed by atoms with Crippen molar-refractivity contribution >= 4 is 21.8 Å². The molecule has 0 aliphatic carbocycles. The van der Waals surface area contributed by atoms with E-state index in [4.69, 9.17) is 4.74 Å². The van der Waals surface area contributed by atoms with E-state index in [1.54, 1.807) is 4.90 Å². The van der Waals surface area contributed by atoms with Gasteiger partial charge >= 0.3 is 0 Å². The van der Waals surface area contributed by atoms with Gasteiger partial charge in [0.2, 0.25) is 0 Å². The van der Waals surface area contributed by atoms with E-state index in [0.717, 1.165) is 19.4 Å². The van der Waals surface area contributed by atoms with Crippen molar-refractivity contribution in [2.45, 2.75) is 25.9 Å². The topological polar surface area (TPSA) is 29.5 Å². The molecule has 1 heterocycles. The standard InChI is InChI=1S/C14H17BrFNO2/c1-2-19-11-4-3-7-17(9-11)14(18)10-5-6-13(16)12(15)8-10/h5-6,8,11H,2-4,7,9H2,1H3. The molecule has 19 heavy (non-hydrogen) atoms. The van der Waals surface area contributed by atoms with Crippen LogP contribution in [0.3, 0.4) is 0 Å². The van der Waals surface area contributed by atoms with Crippen LogP contribution in [-0.2, 0) is 4.74 Å². The van der Waals surface area contributed by atoms with E-state index in [1.807, 2.05) is 6.92 Å². The summed E-state index contributed by atoms with van der Waals surface area (Å²) < 4.78 is 19.1. The average molecular weight is 330 g/mol. The molecular weight excluding hydrogens is 313 g/mol. The Kier molecular flexibility index (Phi) is 4.93. The van der Waals surface area contributed by atoms with Gasteiger partial charge in [-0.1, -0.05) is 0 Å². The predicted octanol–water partition coefficient (Wildman–Crippen LogP) is 3.23. The fourth-order valence-electron chi connectivity index (χ4n) is 2.31. The zero-order chi connectivity index (χ0) is 13.8.